The molecule has 25 heavy (non-hydrogen) atoms. The zero-order valence-corrected chi connectivity index (χ0v) is 15.7. The van der Waals surface area contributed by atoms with Gasteiger partial charge >= 0.3 is 0 Å². The lowest BCUT2D eigenvalue weighted by molar-refractivity contribution is -0.117. The van der Waals surface area contributed by atoms with E-state index in [0.717, 1.165) is 17.5 Å². The lowest BCUT2D eigenvalue weighted by Gasteiger charge is -2.19. The number of nitrogens with one attached hydrogen (secondary N) is 1. The first-order chi connectivity index (χ1) is 12.0. The fourth-order valence-electron chi connectivity index (χ4n) is 3.17. The predicted octanol–water partition coefficient (Wildman–Crippen LogP) is 5.76. The Morgan fingerprint density at radius 3 is 2.60 bits per heavy atom. The average Bonchev–Trinajstić information content (AvgIpc) is 2.60. The quantitative estimate of drug-likeness (QED) is 0.677. The predicted molar refractivity (Wildman–Crippen MR) is 105 cm³/mol. The van der Waals surface area contributed by atoms with E-state index in [9.17, 15) is 4.79 Å². The summed E-state index contributed by atoms with van der Waals surface area (Å²) < 4.78 is 0. The minimum Gasteiger partial charge on any atom is -0.346 e. The molecule has 0 saturated carbocycles. The SMILES string of the molecule is C[C@H](NC(=O)/C=C/c1ccc(Cl)cc1Cl)c1ccc2c(c1)CCCC2. The number of carbonyl (C=O) groups is 1. The fourth-order valence-corrected chi connectivity index (χ4v) is 3.64. The van der Waals surface area contributed by atoms with Crippen molar-refractivity contribution >= 4 is 35.2 Å². The number of hydrogen-bond acceptors (Lipinski definition) is 1. The van der Waals surface area contributed by atoms with Crippen LogP contribution in [0.5, 0.6) is 0 Å². The van der Waals surface area contributed by atoms with Gasteiger partial charge in [0, 0.05) is 16.1 Å². The fraction of sp³-hybridized carbons (Fsp3) is 0.286. The maximum Gasteiger partial charge on any atom is 0.244 e. The Kier molecular flexibility index (Phi) is 5.82. The molecule has 130 valence electrons. The van der Waals surface area contributed by atoms with Crippen molar-refractivity contribution < 1.29 is 4.79 Å². The molecular weight excluding hydrogens is 353 g/mol. The first kappa shape index (κ1) is 18.0. The van der Waals surface area contributed by atoms with Crippen LogP contribution in [0.2, 0.25) is 10.0 Å². The summed E-state index contributed by atoms with van der Waals surface area (Å²) in [6.45, 7) is 2.01. The Hall–Kier alpha value is -1.77. The van der Waals surface area contributed by atoms with E-state index >= 15 is 0 Å². The van der Waals surface area contributed by atoms with Gasteiger partial charge in [-0.05, 0) is 73.1 Å². The molecule has 0 bridgehead atoms. The van der Waals surface area contributed by atoms with Gasteiger partial charge < -0.3 is 5.32 Å². The third-order valence-electron chi connectivity index (χ3n) is 4.61. The smallest absolute Gasteiger partial charge is 0.244 e. The summed E-state index contributed by atoms with van der Waals surface area (Å²) in [5.41, 5.74) is 4.79. The van der Waals surface area contributed by atoms with Crippen LogP contribution in [-0.2, 0) is 17.6 Å². The van der Waals surface area contributed by atoms with Crippen LogP contribution >= 0.6 is 23.2 Å². The molecule has 0 aromatic heterocycles. The van der Waals surface area contributed by atoms with E-state index in [0.29, 0.717) is 10.0 Å². The number of fused-ring (bicyclic) bond motifs is 1. The van der Waals surface area contributed by atoms with E-state index in [2.05, 4.69) is 23.5 Å². The molecule has 4 heteroatoms. The third kappa shape index (κ3) is 4.65. The van der Waals surface area contributed by atoms with Gasteiger partial charge in [0.15, 0.2) is 0 Å². The van der Waals surface area contributed by atoms with Crippen molar-refractivity contribution in [2.45, 2.75) is 38.6 Å². The van der Waals surface area contributed by atoms with Crippen molar-refractivity contribution in [2.24, 2.45) is 0 Å². The van der Waals surface area contributed by atoms with Gasteiger partial charge in [-0.3, -0.25) is 4.79 Å². The standard InChI is InChI=1S/C21H21Cl2NO/c1-14(17-7-6-15-4-2-3-5-18(15)12-17)24-21(25)11-9-16-8-10-19(22)13-20(16)23/h6-14H,2-5H2,1H3,(H,24,25)/b11-9+/t14-/m0/s1. The van der Waals surface area contributed by atoms with Gasteiger partial charge in [-0.25, -0.2) is 0 Å². The van der Waals surface area contributed by atoms with Crippen LogP contribution in [0.15, 0.2) is 42.5 Å². The molecule has 0 radical (unpaired) electrons. The van der Waals surface area contributed by atoms with Gasteiger partial charge in [0.25, 0.3) is 0 Å². The molecule has 3 rings (SSSR count). The zero-order chi connectivity index (χ0) is 17.8. The van der Waals surface area contributed by atoms with E-state index < -0.39 is 0 Å². The summed E-state index contributed by atoms with van der Waals surface area (Å²) in [6.07, 6.45) is 8.04. The second kappa shape index (κ2) is 8.07. The van der Waals surface area contributed by atoms with Crippen molar-refractivity contribution in [3.05, 3.63) is 74.8 Å². The molecule has 2 aromatic rings. The van der Waals surface area contributed by atoms with Gasteiger partial charge in [-0.2, -0.15) is 0 Å². The van der Waals surface area contributed by atoms with Crippen molar-refractivity contribution in [1.82, 2.24) is 5.32 Å². The molecule has 1 amide bonds. The topological polar surface area (TPSA) is 29.1 Å². The molecule has 1 N–H and O–H groups in total. The van der Waals surface area contributed by atoms with Crippen LogP contribution in [0.3, 0.4) is 0 Å². The number of benzene rings is 2. The highest BCUT2D eigenvalue weighted by atomic mass is 35.5. The first-order valence-electron chi connectivity index (χ1n) is 8.58. The maximum atomic E-state index is 12.2. The highest BCUT2D eigenvalue weighted by Crippen LogP contribution is 2.25. The van der Waals surface area contributed by atoms with E-state index in [1.165, 1.54) is 36.5 Å². The van der Waals surface area contributed by atoms with Gasteiger partial charge in [0.2, 0.25) is 5.91 Å². The van der Waals surface area contributed by atoms with Crippen LogP contribution in [0, 0.1) is 0 Å². The van der Waals surface area contributed by atoms with Crippen molar-refractivity contribution in [1.29, 1.82) is 0 Å². The lowest BCUT2D eigenvalue weighted by Crippen LogP contribution is -2.24. The van der Waals surface area contributed by atoms with Gasteiger partial charge in [-0.15, -0.1) is 0 Å². The molecule has 0 heterocycles. The van der Waals surface area contributed by atoms with E-state index in [-0.39, 0.29) is 11.9 Å². The normalized spacial score (nSPS) is 15.0. The number of amides is 1. The summed E-state index contributed by atoms with van der Waals surface area (Å²) in [5.74, 6) is -0.142. The third-order valence-corrected chi connectivity index (χ3v) is 5.17. The summed E-state index contributed by atoms with van der Waals surface area (Å²) in [4.78, 5) is 12.2. The largest absolute Gasteiger partial charge is 0.346 e. The molecule has 0 spiro atoms. The molecule has 0 unspecified atom stereocenters. The molecule has 0 saturated heterocycles. The van der Waals surface area contributed by atoms with Crippen LogP contribution in [0.25, 0.3) is 6.08 Å². The molecule has 2 nitrogen and oxygen atoms in total. The highest BCUT2D eigenvalue weighted by Gasteiger charge is 2.13. The number of rotatable bonds is 4. The summed E-state index contributed by atoms with van der Waals surface area (Å²) >= 11 is 12.0. The van der Waals surface area contributed by atoms with Crippen molar-refractivity contribution in [2.75, 3.05) is 0 Å². The zero-order valence-electron chi connectivity index (χ0n) is 14.2. The first-order valence-corrected chi connectivity index (χ1v) is 9.34. The van der Waals surface area contributed by atoms with Crippen LogP contribution in [-0.4, -0.2) is 5.91 Å². The van der Waals surface area contributed by atoms with E-state index in [1.54, 1.807) is 24.3 Å². The van der Waals surface area contributed by atoms with Crippen LogP contribution in [0.4, 0.5) is 0 Å². The summed E-state index contributed by atoms with van der Waals surface area (Å²) in [5, 5.41) is 4.11. The molecule has 0 fully saturated rings. The second-order valence-electron chi connectivity index (χ2n) is 6.46. The monoisotopic (exact) mass is 373 g/mol. The molecule has 1 aliphatic carbocycles. The molecule has 0 aliphatic heterocycles. The Morgan fingerprint density at radius 1 is 1.08 bits per heavy atom. The minimum absolute atomic E-state index is 0.0370. The maximum absolute atomic E-state index is 12.2. The lowest BCUT2D eigenvalue weighted by atomic mass is 9.89. The van der Waals surface area contributed by atoms with E-state index in [1.807, 2.05) is 6.92 Å². The van der Waals surface area contributed by atoms with Gasteiger partial charge in [-0.1, -0.05) is 47.5 Å². The van der Waals surface area contributed by atoms with Gasteiger partial charge in [0.1, 0.15) is 0 Å². The summed E-state index contributed by atoms with van der Waals surface area (Å²) in [7, 11) is 0. The molecular formula is C21H21Cl2NO. The summed E-state index contributed by atoms with van der Waals surface area (Å²) in [6, 6.07) is 11.7. The van der Waals surface area contributed by atoms with Crippen molar-refractivity contribution in [3.8, 4) is 0 Å². The van der Waals surface area contributed by atoms with Crippen LogP contribution in [0.1, 0.15) is 48.1 Å². The van der Waals surface area contributed by atoms with Crippen molar-refractivity contribution in [3.63, 3.8) is 0 Å². The van der Waals surface area contributed by atoms with Crippen LogP contribution < -0.4 is 5.32 Å². The van der Waals surface area contributed by atoms with Gasteiger partial charge in [0.05, 0.1) is 6.04 Å². The molecule has 1 aliphatic rings. The average molecular weight is 374 g/mol. The Labute approximate surface area is 158 Å². The molecule has 2 aromatic carbocycles. The second-order valence-corrected chi connectivity index (χ2v) is 7.31. The minimum atomic E-state index is -0.142. The number of carbonyl (C=O) groups excluding carboxylic acids is 1. The Bertz CT molecular complexity index is 814. The number of aryl methyl sites for hydroxylation is 2. The number of halogens is 2. The Morgan fingerprint density at radius 2 is 1.84 bits per heavy atom. The van der Waals surface area contributed by atoms with E-state index in [4.69, 9.17) is 23.2 Å². The molecule has 1 atom stereocenters. The highest BCUT2D eigenvalue weighted by molar-refractivity contribution is 6.35. The number of hydrogen-bond donors (Lipinski definition) is 1. The Balaban J connectivity index is 1.65.